The Bertz CT molecular complexity index is 3590. The number of carboxylic acids is 4. The Morgan fingerprint density at radius 3 is 2.06 bits per heavy atom. The number of anilines is 1. The van der Waals surface area contributed by atoms with Crippen molar-refractivity contribution in [1.29, 1.82) is 0 Å². The molecule has 4 heterocycles. The number of amides is 6. The van der Waals surface area contributed by atoms with E-state index < -0.39 is 161 Å². The Balaban J connectivity index is 1.02. The summed E-state index contributed by atoms with van der Waals surface area (Å²) in [7, 11) is 8.19. The molecule has 7 rings (SSSR count). The predicted molar refractivity (Wildman–Crippen MR) is 356 cm³/mol. The van der Waals surface area contributed by atoms with Crippen molar-refractivity contribution < 1.29 is 97.6 Å². The molecule has 20 N–H and O–H groups in total. The molecule has 1 saturated carbocycles. The van der Waals surface area contributed by atoms with Gasteiger partial charge in [-0.05, 0) is 81.9 Å². The van der Waals surface area contributed by atoms with Crippen LogP contribution in [-0.4, -0.2) is 239 Å². The van der Waals surface area contributed by atoms with Crippen LogP contribution in [0.5, 0.6) is 5.75 Å². The summed E-state index contributed by atoms with van der Waals surface area (Å²) in [5, 5.41) is 77.4. The minimum atomic E-state index is -2.69. The van der Waals surface area contributed by atoms with Gasteiger partial charge < -0.3 is 98.5 Å². The van der Waals surface area contributed by atoms with Gasteiger partial charge in [0.15, 0.2) is 11.6 Å². The van der Waals surface area contributed by atoms with Gasteiger partial charge >= 0.3 is 35.9 Å². The van der Waals surface area contributed by atoms with Crippen molar-refractivity contribution in [3.8, 4) is 5.75 Å². The number of nitrogens with zero attached hydrogens (tertiary/aromatic N) is 3. The molecule has 536 valence electrons. The molecule has 1 aliphatic carbocycles. The van der Waals surface area contributed by atoms with Crippen molar-refractivity contribution in [2.75, 3.05) is 77.5 Å². The number of guanidine groups is 1. The normalized spacial score (nSPS) is 22.5. The van der Waals surface area contributed by atoms with Gasteiger partial charge in [0.2, 0.25) is 23.6 Å². The fraction of sp³-hybridized carbons (Fsp3) is 0.548. The molecule has 2 fully saturated rings. The topological polar surface area (TPSA) is 534 Å². The zero-order valence-electron chi connectivity index (χ0n) is 54.8. The van der Waals surface area contributed by atoms with Crippen LogP contribution in [0.3, 0.4) is 0 Å². The highest BCUT2D eigenvalue weighted by atomic mass is 33.1. The largest absolute Gasteiger partial charge is 0.496 e. The number of methoxy groups -OCH3 is 2. The second-order valence-electron chi connectivity index (χ2n) is 24.2. The maximum absolute atomic E-state index is 15.0. The molecule has 1 aromatic heterocycles. The molecule has 1 saturated heterocycles. The number of aliphatic hydroxyl groups excluding tert-OH is 1. The SMILES string of the molecule is CC[C@](C(=O)OC)(c1cc2c(cc1OC)N(C)[C@@H]1[C@@](O)(C(=O)NNC(=O)OCCSSC[C@H](NC(=O)[C@H](CC(=O)O)NC(=O)[C@H](CC(=O)O)NC(=O)[C@H](CCCN=C(N)N)NC(=O)[C@@H](N)CC(=O)O)C(=O)O)[C@@H](O)[C@@]3(CC)C=CCN4CC[C@@]21C43)c1[nH]c2ccccc2c1CCNC. The van der Waals surface area contributed by atoms with Crippen LogP contribution in [0.2, 0.25) is 0 Å². The molecule has 1 spiro atoms. The number of aliphatic hydroxyl groups is 2. The number of carbonyl (C=O) groups excluding carboxylic acids is 7. The number of H-pyrrole nitrogens is 1. The van der Waals surface area contributed by atoms with E-state index in [2.05, 4.69) is 47.0 Å². The van der Waals surface area contributed by atoms with E-state index in [1.807, 2.05) is 68.7 Å². The van der Waals surface area contributed by atoms with Crippen LogP contribution in [0, 0.1) is 5.41 Å². The molecule has 4 aliphatic rings. The van der Waals surface area contributed by atoms with Gasteiger partial charge in [-0.15, -0.1) is 0 Å². The minimum Gasteiger partial charge on any atom is -0.496 e. The first-order chi connectivity index (χ1) is 46.5. The lowest BCUT2D eigenvalue weighted by Crippen LogP contribution is -2.82. The average molecular weight is 1410 g/mol. The number of esters is 1. The summed E-state index contributed by atoms with van der Waals surface area (Å²) in [5.41, 5.74) is 18.3. The number of nitrogens with one attached hydrogen (secondary N) is 8. The second kappa shape index (κ2) is 32.6. The lowest BCUT2D eigenvalue weighted by Gasteiger charge is -2.63. The minimum absolute atomic E-state index is 0.000195. The maximum atomic E-state index is 15.0. The number of likely N-dealkylation sites (N-methyl/N-ethyl adjacent to an activating group) is 2. The number of aromatic amines is 1. The molecule has 3 aromatic rings. The van der Waals surface area contributed by atoms with E-state index in [0.29, 0.717) is 60.7 Å². The standard InChI is InChI=1S/C62H86N14O20S2/c1-7-59-17-12-21-76-22-18-61(52(59)76)33-25-34(60(8-2,56(91)95-6)46-32(16-20-66-3)31-13-9-10-14-36(31)68-46)42(94-5)29-41(33)75(4)53(61)62(93,54(59)89)55(90)73-74-58(92)96-23-24-97-98-30-40(51(87)88)72-50(86)39(28-45(81)82)71-49(85)38(27-44(79)80)70-48(84)37(15-11-19-67-57(64)65)69-47(83)35(63)26-43(77)78/h9-10,12-14,17,25,29,35,37-40,52-54,66,68,89,93H,7-8,11,15-16,18-24,26-28,30,63H2,1-6H3,(H,69,83)(H,70,84)(H,71,85)(H,72,86)(H,73,90)(H,74,92)(H,77,78)(H,79,80)(H,81,82)(H,87,88)(H4,64,65,67)/t35-,37-,38-,39-,40-,52?,53-,54-,59-,60-,61-,62-/m0/s1. The molecule has 98 heavy (non-hydrogen) atoms. The molecule has 0 radical (unpaired) electrons. The Morgan fingerprint density at radius 1 is 0.837 bits per heavy atom. The maximum Gasteiger partial charge on any atom is 0.426 e. The third-order valence-corrected chi connectivity index (χ3v) is 21.0. The summed E-state index contributed by atoms with van der Waals surface area (Å²) in [5.74, 6) is -13.7. The zero-order chi connectivity index (χ0) is 72.2. The second-order valence-corrected chi connectivity index (χ2v) is 26.9. The molecule has 6 amide bonds. The van der Waals surface area contributed by atoms with E-state index in [0.717, 1.165) is 38.1 Å². The summed E-state index contributed by atoms with van der Waals surface area (Å²) in [6.07, 6.45) is -1.26. The van der Waals surface area contributed by atoms with Gasteiger partial charge in [0.1, 0.15) is 48.0 Å². The van der Waals surface area contributed by atoms with Crippen molar-refractivity contribution in [1.82, 2.24) is 47.3 Å². The number of aliphatic imine (C=N–C) groups is 1. The Labute approximate surface area is 570 Å². The summed E-state index contributed by atoms with van der Waals surface area (Å²) >= 11 is 0. The molecule has 2 aromatic carbocycles. The lowest BCUT2D eigenvalue weighted by molar-refractivity contribution is -0.204. The monoisotopic (exact) mass is 1410 g/mol. The summed E-state index contributed by atoms with van der Waals surface area (Å²) < 4.78 is 17.3. The Morgan fingerprint density at radius 2 is 1.47 bits per heavy atom. The lowest BCUT2D eigenvalue weighted by atomic mass is 9.47. The van der Waals surface area contributed by atoms with E-state index in [1.54, 1.807) is 18.0 Å². The number of hydrogen-bond acceptors (Lipinski definition) is 23. The van der Waals surface area contributed by atoms with E-state index >= 15 is 4.79 Å². The van der Waals surface area contributed by atoms with Gasteiger partial charge in [-0.1, -0.05) is 65.8 Å². The molecule has 1 unspecified atom stereocenters. The van der Waals surface area contributed by atoms with Gasteiger partial charge in [-0.2, -0.15) is 0 Å². The summed E-state index contributed by atoms with van der Waals surface area (Å²) in [4.78, 5) is 155. The number of rotatable bonds is 35. The van der Waals surface area contributed by atoms with Gasteiger partial charge in [0.25, 0.3) is 5.91 Å². The van der Waals surface area contributed by atoms with Crippen LogP contribution >= 0.6 is 21.6 Å². The summed E-state index contributed by atoms with van der Waals surface area (Å²) in [6.45, 7) is 4.90. The predicted octanol–water partition coefficient (Wildman–Crippen LogP) is -2.02. The number of para-hydroxylation sites is 1. The van der Waals surface area contributed by atoms with Crippen LogP contribution < -0.4 is 64.3 Å². The molecular formula is C62H86N14O20S2. The number of carboxylic acid groups (broad SMARTS) is 4. The first-order valence-corrected chi connectivity index (χ1v) is 34.0. The Hall–Kier alpha value is -8.94. The number of benzene rings is 2. The number of aliphatic carboxylic acids is 4. The van der Waals surface area contributed by atoms with Crippen molar-refractivity contribution in [3.63, 3.8) is 0 Å². The van der Waals surface area contributed by atoms with Crippen molar-refractivity contribution >= 4 is 110 Å². The molecule has 36 heteroatoms. The van der Waals surface area contributed by atoms with Gasteiger partial charge in [0.05, 0.1) is 45.6 Å². The van der Waals surface area contributed by atoms with Crippen molar-refractivity contribution in [3.05, 3.63) is 70.9 Å². The fourth-order valence-electron chi connectivity index (χ4n) is 14.4. The van der Waals surface area contributed by atoms with E-state index in [9.17, 15) is 73.5 Å². The van der Waals surface area contributed by atoms with E-state index in [1.165, 1.54) is 14.2 Å². The number of carbonyl (C=O) groups is 11. The van der Waals surface area contributed by atoms with Crippen LogP contribution in [0.25, 0.3) is 10.9 Å². The first kappa shape index (κ1) is 76.4. The molecule has 0 bridgehead atoms. The van der Waals surface area contributed by atoms with Crippen LogP contribution in [0.15, 0.2) is 53.5 Å². The molecule has 34 nitrogen and oxygen atoms in total. The molecular weight excluding hydrogens is 1320 g/mol. The smallest absolute Gasteiger partial charge is 0.426 e. The number of hydrogen-bond donors (Lipinski definition) is 17. The average Bonchev–Trinajstić information content (AvgIpc) is 1.46. The van der Waals surface area contributed by atoms with E-state index in [-0.39, 0.29) is 50.5 Å². The number of nitrogens with two attached hydrogens (primary N) is 3. The van der Waals surface area contributed by atoms with Crippen molar-refractivity contribution in [2.45, 2.75) is 136 Å². The van der Waals surface area contributed by atoms with Crippen LogP contribution in [0.1, 0.15) is 87.6 Å². The number of hydrazine groups is 1. The molecule has 12 atom stereocenters. The number of fused-ring (bicyclic) bond motifs is 2. The van der Waals surface area contributed by atoms with E-state index in [4.69, 9.17) is 36.5 Å². The highest BCUT2D eigenvalue weighted by molar-refractivity contribution is 8.76. The highest BCUT2D eigenvalue weighted by Crippen LogP contribution is 2.67. The Kier molecular flexibility index (Phi) is 25.4. The number of aromatic nitrogens is 1. The fourth-order valence-corrected chi connectivity index (χ4v) is 16.4. The quantitative estimate of drug-likeness (QED) is 0.00575. The van der Waals surface area contributed by atoms with Gasteiger partial charge in [-0.3, -0.25) is 58.5 Å². The molecule has 3 aliphatic heterocycles. The third-order valence-electron chi connectivity index (χ3n) is 18.7. The van der Waals surface area contributed by atoms with Gasteiger partial charge in [0, 0.05) is 82.4 Å². The first-order valence-electron chi connectivity index (χ1n) is 31.5. The van der Waals surface area contributed by atoms with Crippen molar-refractivity contribution in [2.24, 2.45) is 27.6 Å². The zero-order valence-corrected chi connectivity index (χ0v) is 56.5. The van der Waals surface area contributed by atoms with Gasteiger partial charge in [-0.25, -0.2) is 15.0 Å². The highest BCUT2D eigenvalue weighted by Gasteiger charge is 2.79. The van der Waals surface area contributed by atoms with Crippen LogP contribution in [-0.2, 0) is 74.7 Å². The van der Waals surface area contributed by atoms with Crippen LogP contribution in [0.4, 0.5) is 10.5 Å². The third kappa shape index (κ3) is 15.5. The summed E-state index contributed by atoms with van der Waals surface area (Å²) in [6, 6.07) is 0.669. The number of ether oxygens (including phenoxy) is 3.